The van der Waals surface area contributed by atoms with Crippen molar-refractivity contribution >= 4 is 40.2 Å². The normalized spacial score (nSPS) is 10.6. The van der Waals surface area contributed by atoms with Crippen LogP contribution in [-0.2, 0) is 0 Å². The lowest BCUT2D eigenvalue weighted by molar-refractivity contribution is 0.255. The molecule has 0 spiro atoms. The maximum Gasteiger partial charge on any atom is 0.325 e. The topological polar surface area (TPSA) is 54.0 Å². The van der Waals surface area contributed by atoms with Crippen molar-refractivity contribution < 1.29 is 4.79 Å². The minimum absolute atomic E-state index is 0.320. The Bertz CT molecular complexity index is 592. The Balaban J connectivity index is 1.84. The van der Waals surface area contributed by atoms with E-state index >= 15 is 0 Å². The Labute approximate surface area is 120 Å². The second kappa shape index (κ2) is 6.36. The third-order valence-corrected chi connectivity index (χ3v) is 3.33. The largest absolute Gasteiger partial charge is 0.325 e. The highest BCUT2D eigenvalue weighted by Crippen LogP contribution is 2.14. The number of nitrogens with one attached hydrogen (secondary N) is 2. The van der Waals surface area contributed by atoms with E-state index in [2.05, 4.69) is 15.6 Å². The van der Waals surface area contributed by atoms with E-state index in [0.29, 0.717) is 10.2 Å². The number of rotatable bonds is 3. The molecule has 0 saturated carbocycles. The summed E-state index contributed by atoms with van der Waals surface area (Å²) in [7, 11) is 0. The zero-order chi connectivity index (χ0) is 13.7. The molecule has 0 radical (unpaired) electrons. The molecule has 0 saturated heterocycles. The number of amides is 2. The Hall–Kier alpha value is -1.85. The number of nitrogens with zero attached hydrogens (tertiary/aromatic N) is 1. The molecular weight excluding hydrogens is 282 g/mol. The quantitative estimate of drug-likeness (QED) is 0.902. The summed E-state index contributed by atoms with van der Waals surface area (Å²) in [5.41, 5.74) is 1.84. The molecule has 0 bridgehead atoms. The first-order valence-corrected chi connectivity index (χ1v) is 6.81. The summed E-state index contributed by atoms with van der Waals surface area (Å²) in [5, 5.41) is 8.38. The summed E-state index contributed by atoms with van der Waals surface area (Å²) in [6, 6.07) is 6.99. The zero-order valence-corrected chi connectivity index (χ0v) is 11.8. The summed E-state index contributed by atoms with van der Waals surface area (Å²) in [5.74, 6) is 0. The van der Waals surface area contributed by atoms with E-state index in [4.69, 9.17) is 11.6 Å². The Morgan fingerprint density at radius 2 is 2.11 bits per heavy atom. The number of urea groups is 1. The summed E-state index contributed by atoms with van der Waals surface area (Å²) in [6.07, 6.45) is 3.35. The summed E-state index contributed by atoms with van der Waals surface area (Å²) in [6.45, 7) is 1.88. The number of benzene rings is 1. The Morgan fingerprint density at radius 1 is 1.37 bits per heavy atom. The molecule has 0 fully saturated rings. The van der Waals surface area contributed by atoms with Gasteiger partial charge in [0.15, 0.2) is 5.13 Å². The molecule has 2 N–H and O–H groups in total. The Kier molecular flexibility index (Phi) is 4.54. The standard InChI is InChI=1S/C13H12ClN3OS/c1-9-8-19-13(16-9)17-12(18)15-7-6-10-2-4-11(14)5-3-10/h2-8H,1H3,(H2,15,16,17,18)/b7-6+. The number of carbonyl (C=O) groups excluding carboxylic acids is 1. The van der Waals surface area contributed by atoms with Crippen molar-refractivity contribution in [2.45, 2.75) is 6.92 Å². The van der Waals surface area contributed by atoms with Crippen molar-refractivity contribution in [2.75, 3.05) is 5.32 Å². The third kappa shape index (κ3) is 4.39. The number of aromatic nitrogens is 1. The summed E-state index contributed by atoms with van der Waals surface area (Å²) in [4.78, 5) is 15.7. The fraction of sp³-hybridized carbons (Fsp3) is 0.0769. The van der Waals surface area contributed by atoms with E-state index in [1.165, 1.54) is 11.3 Å². The predicted molar refractivity (Wildman–Crippen MR) is 79.5 cm³/mol. The lowest BCUT2D eigenvalue weighted by atomic mass is 10.2. The maximum atomic E-state index is 11.5. The minimum Gasteiger partial charge on any atom is -0.314 e. The number of aryl methyl sites for hydroxylation is 1. The van der Waals surface area contributed by atoms with Gasteiger partial charge >= 0.3 is 6.03 Å². The van der Waals surface area contributed by atoms with Gasteiger partial charge < -0.3 is 5.32 Å². The molecular formula is C13H12ClN3OS. The van der Waals surface area contributed by atoms with Gasteiger partial charge in [-0.25, -0.2) is 9.78 Å². The lowest BCUT2D eigenvalue weighted by Gasteiger charge is -2.00. The van der Waals surface area contributed by atoms with Gasteiger partial charge in [-0.15, -0.1) is 11.3 Å². The molecule has 0 aliphatic carbocycles. The van der Waals surface area contributed by atoms with Gasteiger partial charge in [0.25, 0.3) is 0 Å². The van der Waals surface area contributed by atoms with Gasteiger partial charge in [-0.2, -0.15) is 0 Å². The van der Waals surface area contributed by atoms with Crippen molar-refractivity contribution in [3.8, 4) is 0 Å². The number of hydrogen-bond acceptors (Lipinski definition) is 3. The molecule has 0 unspecified atom stereocenters. The first-order chi connectivity index (χ1) is 9.13. The van der Waals surface area contributed by atoms with Crippen LogP contribution in [-0.4, -0.2) is 11.0 Å². The number of halogens is 1. The second-order valence-corrected chi connectivity index (χ2v) is 5.07. The van der Waals surface area contributed by atoms with Crippen LogP contribution in [0.3, 0.4) is 0 Å². The van der Waals surface area contributed by atoms with Crippen molar-refractivity contribution in [1.29, 1.82) is 0 Å². The molecule has 0 atom stereocenters. The predicted octanol–water partition coefficient (Wildman–Crippen LogP) is 3.90. The van der Waals surface area contributed by atoms with Gasteiger partial charge in [0.05, 0.1) is 5.69 Å². The highest BCUT2D eigenvalue weighted by atomic mass is 35.5. The minimum atomic E-state index is -0.320. The average molecular weight is 294 g/mol. The Morgan fingerprint density at radius 3 is 2.74 bits per heavy atom. The van der Waals surface area contributed by atoms with Gasteiger partial charge in [-0.05, 0) is 30.7 Å². The number of carbonyl (C=O) groups is 1. The molecule has 6 heteroatoms. The molecule has 98 valence electrons. The highest BCUT2D eigenvalue weighted by molar-refractivity contribution is 7.13. The molecule has 0 aliphatic heterocycles. The van der Waals surface area contributed by atoms with Crippen molar-refractivity contribution in [1.82, 2.24) is 10.3 Å². The van der Waals surface area contributed by atoms with E-state index in [0.717, 1.165) is 11.3 Å². The molecule has 2 rings (SSSR count). The van der Waals surface area contributed by atoms with Gasteiger partial charge in [0.1, 0.15) is 0 Å². The average Bonchev–Trinajstić information content (AvgIpc) is 2.77. The number of anilines is 1. The SMILES string of the molecule is Cc1csc(NC(=O)N/C=C/c2ccc(Cl)cc2)n1. The zero-order valence-electron chi connectivity index (χ0n) is 10.2. The van der Waals surface area contributed by atoms with Crippen LogP contribution in [0.4, 0.5) is 9.93 Å². The fourth-order valence-electron chi connectivity index (χ4n) is 1.33. The van der Waals surface area contributed by atoms with E-state index in [-0.39, 0.29) is 6.03 Å². The first-order valence-electron chi connectivity index (χ1n) is 5.55. The van der Waals surface area contributed by atoms with Crippen molar-refractivity contribution in [3.05, 3.63) is 52.1 Å². The van der Waals surface area contributed by atoms with E-state index in [1.54, 1.807) is 24.4 Å². The van der Waals surface area contributed by atoms with Gasteiger partial charge in [-0.1, -0.05) is 23.7 Å². The molecule has 1 aromatic carbocycles. The second-order valence-electron chi connectivity index (χ2n) is 3.78. The summed E-state index contributed by atoms with van der Waals surface area (Å²) >= 11 is 7.17. The molecule has 19 heavy (non-hydrogen) atoms. The van der Waals surface area contributed by atoms with Crippen molar-refractivity contribution in [2.24, 2.45) is 0 Å². The van der Waals surface area contributed by atoms with E-state index < -0.39 is 0 Å². The van der Waals surface area contributed by atoms with Crippen LogP contribution >= 0.6 is 22.9 Å². The highest BCUT2D eigenvalue weighted by Gasteiger charge is 2.02. The maximum absolute atomic E-state index is 11.5. The molecule has 0 aliphatic rings. The van der Waals surface area contributed by atoms with Crippen molar-refractivity contribution in [3.63, 3.8) is 0 Å². The molecule has 4 nitrogen and oxygen atoms in total. The summed E-state index contributed by atoms with van der Waals surface area (Å²) < 4.78 is 0. The van der Waals surface area contributed by atoms with E-state index in [9.17, 15) is 4.79 Å². The van der Waals surface area contributed by atoms with Gasteiger partial charge in [0, 0.05) is 16.6 Å². The monoisotopic (exact) mass is 293 g/mol. The van der Waals surface area contributed by atoms with Crippen LogP contribution in [0, 0.1) is 6.92 Å². The number of thiazole rings is 1. The fourth-order valence-corrected chi connectivity index (χ4v) is 2.14. The molecule has 1 heterocycles. The molecule has 2 amide bonds. The van der Waals surface area contributed by atoms with Crippen LogP contribution in [0.2, 0.25) is 5.02 Å². The molecule has 1 aromatic heterocycles. The van der Waals surface area contributed by atoms with Crippen LogP contribution in [0.1, 0.15) is 11.3 Å². The third-order valence-electron chi connectivity index (χ3n) is 2.20. The van der Waals surface area contributed by atoms with E-state index in [1.807, 2.05) is 24.4 Å². The lowest BCUT2D eigenvalue weighted by Crippen LogP contribution is -2.23. The number of hydrogen-bond donors (Lipinski definition) is 2. The van der Waals surface area contributed by atoms with Gasteiger partial charge in [-0.3, -0.25) is 5.32 Å². The van der Waals surface area contributed by atoms with Crippen LogP contribution in [0.5, 0.6) is 0 Å². The van der Waals surface area contributed by atoms with Gasteiger partial charge in [0.2, 0.25) is 0 Å². The van der Waals surface area contributed by atoms with Crippen LogP contribution in [0.15, 0.2) is 35.8 Å². The molecule has 2 aromatic rings. The van der Waals surface area contributed by atoms with Crippen LogP contribution < -0.4 is 10.6 Å². The van der Waals surface area contributed by atoms with Crippen LogP contribution in [0.25, 0.3) is 6.08 Å². The smallest absolute Gasteiger partial charge is 0.314 e. The first kappa shape index (κ1) is 13.6.